The fraction of sp³-hybridized carbons (Fsp3) is 0.722. The average molecular weight is 287 g/mol. The number of rotatable bonds is 2. The third-order valence-electron chi connectivity index (χ3n) is 5.47. The zero-order valence-electron chi connectivity index (χ0n) is 13.6. The van der Waals surface area contributed by atoms with Gasteiger partial charge in [0.15, 0.2) is 0 Å². The van der Waals surface area contributed by atoms with Crippen molar-refractivity contribution in [3.8, 4) is 0 Å². The van der Waals surface area contributed by atoms with Gasteiger partial charge >= 0.3 is 0 Å². The second-order valence-electron chi connectivity index (χ2n) is 7.08. The molecule has 2 fully saturated rings. The van der Waals surface area contributed by atoms with E-state index in [0.29, 0.717) is 11.6 Å². The number of aryl methyl sites for hydroxylation is 1. The van der Waals surface area contributed by atoms with Crippen molar-refractivity contribution in [2.24, 2.45) is 0 Å². The molecule has 2 aliphatic rings. The molecular formula is C18H29N3. The molecule has 1 aromatic heterocycles. The average Bonchev–Trinajstić information content (AvgIpc) is 2.63. The van der Waals surface area contributed by atoms with Crippen LogP contribution in [0.5, 0.6) is 0 Å². The first-order valence-electron chi connectivity index (χ1n) is 8.58. The molecule has 1 saturated heterocycles. The van der Waals surface area contributed by atoms with Crippen LogP contribution in [0.4, 0.5) is 0 Å². The number of hydrogen-bond acceptors (Lipinski definition) is 3. The minimum Gasteiger partial charge on any atom is -0.310 e. The predicted octanol–water partition coefficient (Wildman–Crippen LogP) is 3.28. The van der Waals surface area contributed by atoms with Gasteiger partial charge in [0.2, 0.25) is 0 Å². The smallest absolute Gasteiger partial charge is 0.0573 e. The van der Waals surface area contributed by atoms with Gasteiger partial charge in [-0.1, -0.05) is 25.3 Å². The van der Waals surface area contributed by atoms with Crippen LogP contribution in [-0.4, -0.2) is 34.6 Å². The summed E-state index contributed by atoms with van der Waals surface area (Å²) in [6, 6.07) is 4.86. The van der Waals surface area contributed by atoms with Crippen LogP contribution < -0.4 is 5.32 Å². The van der Waals surface area contributed by atoms with Gasteiger partial charge in [-0.2, -0.15) is 0 Å². The lowest BCUT2D eigenvalue weighted by molar-refractivity contribution is 0.130. The summed E-state index contributed by atoms with van der Waals surface area (Å²) < 4.78 is 0. The standard InChI is InChI=1S/C18H29N3/c1-15-7-6-11-19-17(15)13-21-14-18(9-4-3-5-10-18)20-12-8-16(21)2/h6-7,11,16,20H,3-5,8-10,12-14H2,1-2H3. The molecule has 1 atom stereocenters. The maximum atomic E-state index is 4.61. The first-order valence-corrected chi connectivity index (χ1v) is 8.58. The molecule has 1 aliphatic carbocycles. The van der Waals surface area contributed by atoms with Crippen molar-refractivity contribution in [1.29, 1.82) is 0 Å². The number of nitrogens with one attached hydrogen (secondary N) is 1. The lowest BCUT2D eigenvalue weighted by atomic mass is 9.81. The Balaban J connectivity index is 1.76. The van der Waals surface area contributed by atoms with Gasteiger partial charge in [0.25, 0.3) is 0 Å². The Morgan fingerprint density at radius 1 is 1.33 bits per heavy atom. The molecule has 0 amide bonds. The van der Waals surface area contributed by atoms with E-state index in [-0.39, 0.29) is 0 Å². The van der Waals surface area contributed by atoms with E-state index in [1.807, 2.05) is 12.3 Å². The van der Waals surface area contributed by atoms with E-state index < -0.39 is 0 Å². The molecule has 3 heteroatoms. The molecule has 21 heavy (non-hydrogen) atoms. The first-order chi connectivity index (χ1) is 10.2. The van der Waals surface area contributed by atoms with E-state index in [1.54, 1.807) is 0 Å². The number of nitrogens with zero attached hydrogens (tertiary/aromatic N) is 2. The van der Waals surface area contributed by atoms with Crippen LogP contribution in [0, 0.1) is 6.92 Å². The third-order valence-corrected chi connectivity index (χ3v) is 5.47. The van der Waals surface area contributed by atoms with Crippen LogP contribution in [0.1, 0.15) is 56.7 Å². The van der Waals surface area contributed by atoms with Crippen molar-refractivity contribution >= 4 is 0 Å². The van der Waals surface area contributed by atoms with Crippen LogP contribution >= 0.6 is 0 Å². The Kier molecular flexibility index (Phi) is 4.60. The van der Waals surface area contributed by atoms with Crippen molar-refractivity contribution < 1.29 is 0 Å². The van der Waals surface area contributed by atoms with E-state index in [4.69, 9.17) is 0 Å². The number of hydrogen-bond donors (Lipinski definition) is 1. The summed E-state index contributed by atoms with van der Waals surface area (Å²) in [6.45, 7) is 7.90. The molecule has 3 nitrogen and oxygen atoms in total. The number of pyridine rings is 1. The zero-order chi connectivity index (χ0) is 14.7. The van der Waals surface area contributed by atoms with Crippen molar-refractivity contribution in [1.82, 2.24) is 15.2 Å². The van der Waals surface area contributed by atoms with Crippen molar-refractivity contribution in [2.45, 2.75) is 70.5 Å². The molecule has 1 unspecified atom stereocenters. The molecule has 0 bridgehead atoms. The molecule has 116 valence electrons. The van der Waals surface area contributed by atoms with Gasteiger partial charge in [-0.25, -0.2) is 0 Å². The summed E-state index contributed by atoms with van der Waals surface area (Å²) in [5.41, 5.74) is 2.93. The number of aromatic nitrogens is 1. The summed E-state index contributed by atoms with van der Waals surface area (Å²) in [5, 5.41) is 3.90. The zero-order valence-corrected chi connectivity index (χ0v) is 13.6. The van der Waals surface area contributed by atoms with Gasteiger partial charge in [-0.3, -0.25) is 9.88 Å². The van der Waals surface area contributed by atoms with Crippen molar-refractivity contribution in [2.75, 3.05) is 13.1 Å². The highest BCUT2D eigenvalue weighted by Crippen LogP contribution is 2.32. The molecule has 0 aromatic carbocycles. The van der Waals surface area contributed by atoms with E-state index in [1.165, 1.54) is 62.9 Å². The van der Waals surface area contributed by atoms with Gasteiger partial charge in [0.05, 0.1) is 5.69 Å². The van der Waals surface area contributed by atoms with Crippen LogP contribution in [0.2, 0.25) is 0 Å². The highest BCUT2D eigenvalue weighted by atomic mass is 15.2. The Morgan fingerprint density at radius 2 is 2.14 bits per heavy atom. The Morgan fingerprint density at radius 3 is 2.90 bits per heavy atom. The van der Waals surface area contributed by atoms with E-state index in [2.05, 4.69) is 35.1 Å². The summed E-state index contributed by atoms with van der Waals surface area (Å²) in [6.07, 6.45) is 10.1. The predicted molar refractivity (Wildman–Crippen MR) is 87.3 cm³/mol. The van der Waals surface area contributed by atoms with E-state index in [0.717, 1.165) is 6.54 Å². The summed E-state index contributed by atoms with van der Waals surface area (Å²) in [7, 11) is 0. The Labute approximate surface area is 129 Å². The minimum absolute atomic E-state index is 0.367. The maximum Gasteiger partial charge on any atom is 0.0573 e. The Hall–Kier alpha value is -0.930. The molecule has 1 N–H and O–H groups in total. The monoisotopic (exact) mass is 287 g/mol. The molecule has 1 aromatic rings. The summed E-state index contributed by atoms with van der Waals surface area (Å²) >= 11 is 0. The van der Waals surface area contributed by atoms with Crippen LogP contribution in [0.25, 0.3) is 0 Å². The van der Waals surface area contributed by atoms with Gasteiger partial charge < -0.3 is 5.32 Å². The summed E-state index contributed by atoms with van der Waals surface area (Å²) in [5.74, 6) is 0. The minimum atomic E-state index is 0.367. The molecule has 1 saturated carbocycles. The van der Waals surface area contributed by atoms with E-state index in [9.17, 15) is 0 Å². The molecule has 0 radical (unpaired) electrons. The van der Waals surface area contributed by atoms with Crippen molar-refractivity contribution in [3.63, 3.8) is 0 Å². The van der Waals surface area contributed by atoms with Gasteiger partial charge in [0, 0.05) is 30.9 Å². The molecule has 2 heterocycles. The highest BCUT2D eigenvalue weighted by Gasteiger charge is 2.36. The quantitative estimate of drug-likeness (QED) is 0.905. The second kappa shape index (κ2) is 6.45. The fourth-order valence-electron chi connectivity index (χ4n) is 3.98. The molecule has 1 spiro atoms. The SMILES string of the molecule is Cc1cccnc1CN1CC2(CCCCC2)NCCC1C. The topological polar surface area (TPSA) is 28.2 Å². The maximum absolute atomic E-state index is 4.61. The third kappa shape index (κ3) is 3.46. The van der Waals surface area contributed by atoms with Gasteiger partial charge in [0.1, 0.15) is 0 Å². The van der Waals surface area contributed by atoms with Crippen LogP contribution in [0.15, 0.2) is 18.3 Å². The van der Waals surface area contributed by atoms with Crippen LogP contribution in [0.3, 0.4) is 0 Å². The normalized spacial score (nSPS) is 26.7. The Bertz CT molecular complexity index is 465. The molecule has 3 rings (SSSR count). The van der Waals surface area contributed by atoms with Crippen LogP contribution in [-0.2, 0) is 6.54 Å². The summed E-state index contributed by atoms with van der Waals surface area (Å²) in [4.78, 5) is 7.28. The lowest BCUT2D eigenvalue weighted by Crippen LogP contribution is -2.53. The van der Waals surface area contributed by atoms with Gasteiger partial charge in [-0.05, 0) is 51.3 Å². The fourth-order valence-corrected chi connectivity index (χ4v) is 3.98. The van der Waals surface area contributed by atoms with E-state index >= 15 is 0 Å². The van der Waals surface area contributed by atoms with Crippen molar-refractivity contribution in [3.05, 3.63) is 29.6 Å². The highest BCUT2D eigenvalue weighted by molar-refractivity contribution is 5.17. The molecule has 1 aliphatic heterocycles. The second-order valence-corrected chi connectivity index (χ2v) is 7.08. The van der Waals surface area contributed by atoms with Gasteiger partial charge in [-0.15, -0.1) is 0 Å². The molecular weight excluding hydrogens is 258 g/mol. The lowest BCUT2D eigenvalue weighted by Gasteiger charge is -2.41. The largest absolute Gasteiger partial charge is 0.310 e. The first kappa shape index (κ1) is 15.0.